The molecule has 51 heavy (non-hydrogen) atoms. The van der Waals surface area contributed by atoms with Gasteiger partial charge in [-0.3, -0.25) is 9.59 Å². The van der Waals surface area contributed by atoms with Crippen molar-refractivity contribution in [3.8, 4) is 21.7 Å². The number of fused-ring (bicyclic) bond motifs is 2. The molecule has 3 aromatic heterocycles. The fraction of sp³-hybridized carbons (Fsp3) is 0.0976. The van der Waals surface area contributed by atoms with Gasteiger partial charge in [0.2, 0.25) is 11.8 Å². The summed E-state index contributed by atoms with van der Waals surface area (Å²) in [6.45, 7) is 3.65. The largest absolute Gasteiger partial charge is 0.341 e. The van der Waals surface area contributed by atoms with E-state index in [0.717, 1.165) is 69.5 Å². The molecule has 0 unspecified atom stereocenters. The summed E-state index contributed by atoms with van der Waals surface area (Å²) in [5, 5.41) is 7.74. The van der Waals surface area contributed by atoms with Crippen LogP contribution >= 0.6 is 22.7 Å². The molecule has 10 heteroatoms. The van der Waals surface area contributed by atoms with Gasteiger partial charge >= 0.3 is 0 Å². The zero-order valence-corrected chi connectivity index (χ0v) is 29.5. The van der Waals surface area contributed by atoms with E-state index in [4.69, 9.17) is 15.0 Å². The number of anilines is 1. The van der Waals surface area contributed by atoms with Gasteiger partial charge in [0.25, 0.3) is 0 Å². The Bertz CT molecular complexity index is 2470. The summed E-state index contributed by atoms with van der Waals surface area (Å²) in [5.74, 6) is 0.742. The molecule has 0 spiro atoms. The van der Waals surface area contributed by atoms with Crippen LogP contribution in [0.3, 0.4) is 0 Å². The number of aromatic nitrogens is 3. The maximum atomic E-state index is 13.0. The summed E-state index contributed by atoms with van der Waals surface area (Å²) in [6.07, 6.45) is 2.61. The second kappa shape index (κ2) is 13.7. The molecule has 1 aliphatic heterocycles. The van der Waals surface area contributed by atoms with Crippen molar-refractivity contribution in [3.05, 3.63) is 131 Å². The Labute approximate surface area is 302 Å². The molecule has 8 nitrogen and oxygen atoms in total. The highest BCUT2D eigenvalue weighted by Crippen LogP contribution is 2.47. The second-order valence-corrected chi connectivity index (χ2v) is 14.0. The van der Waals surface area contributed by atoms with E-state index in [1.807, 2.05) is 111 Å². The Hall–Kier alpha value is -5.97. The van der Waals surface area contributed by atoms with Gasteiger partial charge in [-0.1, -0.05) is 98.8 Å². The van der Waals surface area contributed by atoms with E-state index in [-0.39, 0.29) is 11.8 Å². The number of allylic oxidation sites excluding steroid dienone is 1. The van der Waals surface area contributed by atoms with Crippen LogP contribution in [0.4, 0.5) is 5.82 Å². The molecule has 1 aliphatic rings. The third-order valence-electron chi connectivity index (χ3n) is 8.59. The number of aliphatic imine (C=N–C) groups is 1. The number of thiazole rings is 2. The second-order valence-electron chi connectivity index (χ2n) is 11.9. The number of rotatable bonds is 8. The van der Waals surface area contributed by atoms with Gasteiger partial charge in [-0.2, -0.15) is 0 Å². The lowest BCUT2D eigenvalue weighted by molar-refractivity contribution is -0.119. The van der Waals surface area contributed by atoms with Crippen LogP contribution in [0.2, 0.25) is 0 Å². The van der Waals surface area contributed by atoms with Gasteiger partial charge < -0.3 is 15.6 Å². The molecule has 0 atom stereocenters. The van der Waals surface area contributed by atoms with Gasteiger partial charge in [-0.25, -0.2) is 15.0 Å². The van der Waals surface area contributed by atoms with Gasteiger partial charge in [0.05, 0.1) is 43.0 Å². The first-order valence-electron chi connectivity index (χ1n) is 16.7. The number of amides is 2. The minimum absolute atomic E-state index is 0.121. The summed E-state index contributed by atoms with van der Waals surface area (Å²) in [4.78, 5) is 44.7. The Morgan fingerprint density at radius 2 is 1.20 bits per heavy atom. The van der Waals surface area contributed by atoms with Gasteiger partial charge in [0, 0.05) is 24.0 Å². The Morgan fingerprint density at radius 1 is 0.647 bits per heavy atom. The average molecular weight is 705 g/mol. The van der Waals surface area contributed by atoms with Crippen molar-refractivity contribution >= 4 is 83.8 Å². The van der Waals surface area contributed by atoms with Crippen LogP contribution in [0.15, 0.2) is 120 Å². The molecule has 8 rings (SSSR count). The average Bonchev–Trinajstić information content (AvgIpc) is 3.94. The van der Waals surface area contributed by atoms with Crippen molar-refractivity contribution in [1.82, 2.24) is 20.3 Å². The lowest BCUT2D eigenvalue weighted by atomic mass is 9.96. The van der Waals surface area contributed by atoms with Gasteiger partial charge in [0.15, 0.2) is 0 Å². The van der Waals surface area contributed by atoms with E-state index in [9.17, 15) is 9.59 Å². The zero-order valence-electron chi connectivity index (χ0n) is 27.9. The summed E-state index contributed by atoms with van der Waals surface area (Å²) in [7, 11) is 0. The molecule has 0 fully saturated rings. The Balaban J connectivity index is 1.42. The van der Waals surface area contributed by atoms with Crippen LogP contribution in [0.5, 0.6) is 0 Å². The molecule has 0 saturated heterocycles. The molecule has 0 saturated carbocycles. The number of para-hydroxylation sites is 2. The number of nitrogens with one attached hydrogen (secondary N) is 3. The van der Waals surface area contributed by atoms with Gasteiger partial charge in [0.1, 0.15) is 21.7 Å². The molecule has 250 valence electrons. The fourth-order valence-electron chi connectivity index (χ4n) is 6.16. The normalized spacial score (nSPS) is 13.7. The molecule has 2 amide bonds. The standard InChI is InChI=1S/C41H32N6O2S2/c1-3-32(48)46-38-36(40-44-26-19-11-13-21-30(26)50-40)34(24-15-7-5-8-16-24)28(42-38)23-29-35(25-17-9-6-10-18-25)37(39(43-29)47-33(49)4-2)41-45-27-20-12-14-22-31(27)51-41/h5-23,42H,3-4H2,1-2H3,(H,46,48)(H,43,47,49). The molecule has 3 N–H and O–H groups in total. The summed E-state index contributed by atoms with van der Waals surface area (Å²) in [6, 6.07) is 36.2. The minimum atomic E-state index is -0.145. The van der Waals surface area contributed by atoms with Crippen LogP contribution in [0, 0.1) is 0 Å². The molecule has 0 aliphatic carbocycles. The predicted molar refractivity (Wildman–Crippen MR) is 210 cm³/mol. The molecule has 4 heterocycles. The molecule has 7 aromatic rings. The number of nitrogens with zero attached hydrogens (tertiary/aromatic N) is 3. The third-order valence-corrected chi connectivity index (χ3v) is 10.7. The number of carbonyl (C=O) groups is 2. The van der Waals surface area contributed by atoms with Crippen molar-refractivity contribution in [2.24, 2.45) is 4.99 Å². The van der Waals surface area contributed by atoms with Crippen molar-refractivity contribution in [3.63, 3.8) is 0 Å². The molecular formula is C41H32N6O2S2. The SMILES string of the molecule is CCC(=O)NC1=NC(=Cc2[nH]c(NC(=O)CC)c(-c3nc4ccccc4s3)c2-c2ccccc2)C(c2ccccc2)=C1c1nc2ccccc2s1. The molecule has 0 bridgehead atoms. The van der Waals surface area contributed by atoms with Gasteiger partial charge in [-0.05, 0) is 41.5 Å². The molecular weight excluding hydrogens is 673 g/mol. The van der Waals surface area contributed by atoms with Crippen molar-refractivity contribution in [1.29, 1.82) is 0 Å². The predicted octanol–water partition coefficient (Wildman–Crippen LogP) is 9.81. The molecule has 0 radical (unpaired) electrons. The maximum Gasteiger partial charge on any atom is 0.225 e. The van der Waals surface area contributed by atoms with Gasteiger partial charge in [-0.15, -0.1) is 22.7 Å². The smallest absolute Gasteiger partial charge is 0.225 e. The number of hydrogen-bond donors (Lipinski definition) is 3. The maximum absolute atomic E-state index is 13.0. The van der Waals surface area contributed by atoms with Crippen LogP contribution < -0.4 is 10.6 Å². The number of aromatic amines is 1. The third kappa shape index (κ3) is 6.20. The van der Waals surface area contributed by atoms with Crippen LogP contribution in [-0.4, -0.2) is 32.6 Å². The number of carbonyl (C=O) groups excluding carboxylic acids is 2. The highest BCUT2D eigenvalue weighted by molar-refractivity contribution is 7.21. The zero-order chi connectivity index (χ0) is 34.9. The summed E-state index contributed by atoms with van der Waals surface area (Å²) < 4.78 is 2.09. The first-order chi connectivity index (χ1) is 25.0. The monoisotopic (exact) mass is 704 g/mol. The number of hydrogen-bond acceptors (Lipinski definition) is 7. The van der Waals surface area contributed by atoms with Crippen molar-refractivity contribution < 1.29 is 9.59 Å². The topological polar surface area (TPSA) is 112 Å². The van der Waals surface area contributed by atoms with E-state index in [2.05, 4.69) is 33.8 Å². The van der Waals surface area contributed by atoms with Crippen LogP contribution in [0.25, 0.3) is 59.4 Å². The lowest BCUT2D eigenvalue weighted by Gasteiger charge is -2.10. The lowest BCUT2D eigenvalue weighted by Crippen LogP contribution is -2.29. The van der Waals surface area contributed by atoms with E-state index in [1.165, 1.54) is 0 Å². The minimum Gasteiger partial charge on any atom is -0.341 e. The van der Waals surface area contributed by atoms with E-state index in [1.54, 1.807) is 22.7 Å². The quantitative estimate of drug-likeness (QED) is 0.146. The highest BCUT2D eigenvalue weighted by Gasteiger charge is 2.31. The Morgan fingerprint density at radius 3 is 1.82 bits per heavy atom. The summed E-state index contributed by atoms with van der Waals surface area (Å²) in [5.41, 5.74) is 8.30. The van der Waals surface area contributed by atoms with Crippen LogP contribution in [0.1, 0.15) is 43.0 Å². The number of benzene rings is 4. The number of amidine groups is 1. The Kier molecular flexibility index (Phi) is 8.69. The van der Waals surface area contributed by atoms with Crippen molar-refractivity contribution in [2.75, 3.05) is 5.32 Å². The molecule has 4 aromatic carbocycles. The van der Waals surface area contributed by atoms with E-state index in [0.29, 0.717) is 30.2 Å². The van der Waals surface area contributed by atoms with Crippen LogP contribution in [-0.2, 0) is 9.59 Å². The first kappa shape index (κ1) is 32.2. The highest BCUT2D eigenvalue weighted by atomic mass is 32.1. The fourth-order valence-corrected chi connectivity index (χ4v) is 8.20. The number of H-pyrrole nitrogens is 1. The van der Waals surface area contributed by atoms with E-state index < -0.39 is 0 Å². The summed E-state index contributed by atoms with van der Waals surface area (Å²) >= 11 is 3.14. The van der Waals surface area contributed by atoms with Crippen molar-refractivity contribution in [2.45, 2.75) is 26.7 Å². The van der Waals surface area contributed by atoms with E-state index >= 15 is 0 Å². The first-order valence-corrected chi connectivity index (χ1v) is 18.4.